The molecule has 0 atom stereocenters. The number of benzene rings is 1. The van der Waals surface area contributed by atoms with E-state index in [1.54, 1.807) is 4.68 Å². The molecule has 0 spiro atoms. The van der Waals surface area contributed by atoms with Gasteiger partial charge in [0.2, 0.25) is 10.4 Å². The Morgan fingerprint density at radius 3 is 2.70 bits per heavy atom. The molecule has 1 N–H and O–H groups in total. The lowest BCUT2D eigenvalue weighted by molar-refractivity contribution is -0.384. The molecule has 1 heterocycles. The summed E-state index contributed by atoms with van der Waals surface area (Å²) in [6.45, 7) is 3.15. The number of hydrogen-bond donors (Lipinski definition) is 1. The monoisotopic (exact) mass is 338 g/mol. The third-order valence-electron chi connectivity index (χ3n) is 2.81. The first kappa shape index (κ1) is 14.5. The molecule has 0 aliphatic carbocycles. The van der Waals surface area contributed by atoms with E-state index in [0.29, 0.717) is 18.9 Å². The fraction of sp³-hybridized carbons (Fsp3) is 0.308. The number of nitro groups is 1. The summed E-state index contributed by atoms with van der Waals surface area (Å²) in [5, 5.41) is 18.4. The van der Waals surface area contributed by atoms with Crippen LogP contribution in [0.3, 0.4) is 0 Å². The summed E-state index contributed by atoms with van der Waals surface area (Å²) in [7, 11) is 0. The van der Waals surface area contributed by atoms with Crippen molar-refractivity contribution >= 4 is 27.4 Å². The van der Waals surface area contributed by atoms with Gasteiger partial charge >= 0.3 is 5.69 Å². The van der Waals surface area contributed by atoms with Gasteiger partial charge < -0.3 is 5.32 Å². The summed E-state index contributed by atoms with van der Waals surface area (Å²) in [6, 6.07) is 9.74. The summed E-state index contributed by atoms with van der Waals surface area (Å²) in [5.74, 6) is 0.438. The van der Waals surface area contributed by atoms with Gasteiger partial charge in [0.25, 0.3) is 0 Å². The zero-order chi connectivity index (χ0) is 14.5. The quantitative estimate of drug-likeness (QED) is 0.645. The second kappa shape index (κ2) is 6.51. The number of anilines is 1. The molecule has 0 radical (unpaired) electrons. The van der Waals surface area contributed by atoms with Gasteiger partial charge in [0.15, 0.2) is 0 Å². The van der Waals surface area contributed by atoms with Crippen LogP contribution in [0.15, 0.2) is 34.9 Å². The van der Waals surface area contributed by atoms with Crippen molar-refractivity contribution in [3.63, 3.8) is 0 Å². The molecule has 0 saturated heterocycles. The average molecular weight is 339 g/mol. The lowest BCUT2D eigenvalue weighted by Crippen LogP contribution is -2.09. The summed E-state index contributed by atoms with van der Waals surface area (Å²) >= 11 is 3.15. The molecule has 0 fully saturated rings. The number of aryl methyl sites for hydroxylation is 1. The summed E-state index contributed by atoms with van der Waals surface area (Å²) in [4.78, 5) is 10.7. The molecule has 0 unspecified atom stereocenters. The van der Waals surface area contributed by atoms with Crippen molar-refractivity contribution in [3.05, 3.63) is 50.6 Å². The van der Waals surface area contributed by atoms with Crippen LogP contribution < -0.4 is 5.32 Å². The van der Waals surface area contributed by atoms with Crippen LogP contribution >= 0.6 is 15.9 Å². The molecule has 0 bridgehead atoms. The molecular formula is C13H15BrN4O2. The SMILES string of the molecule is CCCn1nc(Br)c([N+](=O)[O-])c1NCc1ccccc1. The Labute approximate surface area is 125 Å². The van der Waals surface area contributed by atoms with E-state index >= 15 is 0 Å². The number of nitrogens with zero attached hydrogens (tertiary/aromatic N) is 3. The molecule has 1 aromatic carbocycles. The van der Waals surface area contributed by atoms with Crippen LogP contribution in [0.2, 0.25) is 0 Å². The van der Waals surface area contributed by atoms with E-state index in [2.05, 4.69) is 26.3 Å². The number of rotatable bonds is 6. The predicted octanol–water partition coefficient (Wildman–Crippen LogP) is 3.58. The van der Waals surface area contributed by atoms with E-state index in [0.717, 1.165) is 12.0 Å². The first-order chi connectivity index (χ1) is 9.63. The Morgan fingerprint density at radius 1 is 1.40 bits per heavy atom. The molecule has 0 aliphatic rings. The van der Waals surface area contributed by atoms with Crippen LogP contribution in [-0.4, -0.2) is 14.7 Å². The minimum absolute atomic E-state index is 0.0191. The summed E-state index contributed by atoms with van der Waals surface area (Å²) in [5.41, 5.74) is 1.04. The topological polar surface area (TPSA) is 73.0 Å². The van der Waals surface area contributed by atoms with Gasteiger partial charge in [-0.1, -0.05) is 37.3 Å². The lowest BCUT2D eigenvalue weighted by Gasteiger charge is -2.08. The third kappa shape index (κ3) is 3.16. The molecule has 1 aromatic heterocycles. The normalized spacial score (nSPS) is 10.5. The largest absolute Gasteiger partial charge is 0.360 e. The predicted molar refractivity (Wildman–Crippen MR) is 80.6 cm³/mol. The highest BCUT2D eigenvalue weighted by atomic mass is 79.9. The number of nitrogens with one attached hydrogen (secondary N) is 1. The van der Waals surface area contributed by atoms with Crippen molar-refractivity contribution in [1.82, 2.24) is 9.78 Å². The van der Waals surface area contributed by atoms with Crippen molar-refractivity contribution in [3.8, 4) is 0 Å². The Balaban J connectivity index is 2.26. The minimum Gasteiger partial charge on any atom is -0.360 e. The maximum Gasteiger partial charge on any atom is 0.345 e. The standard InChI is InChI=1S/C13H15BrN4O2/c1-2-8-17-13(11(18(19)20)12(14)16-17)15-9-10-6-4-3-5-7-10/h3-7,15H,2,8-9H2,1H3. The Hall–Kier alpha value is -1.89. The number of hydrogen-bond acceptors (Lipinski definition) is 4. The molecule has 0 saturated carbocycles. The minimum atomic E-state index is -0.420. The van der Waals surface area contributed by atoms with Gasteiger partial charge in [0.1, 0.15) is 0 Å². The van der Waals surface area contributed by atoms with E-state index in [1.807, 2.05) is 37.3 Å². The molecule has 106 valence electrons. The van der Waals surface area contributed by atoms with Crippen LogP contribution in [0.4, 0.5) is 11.5 Å². The summed E-state index contributed by atoms with van der Waals surface area (Å²) in [6.07, 6.45) is 0.852. The number of halogens is 1. The van der Waals surface area contributed by atoms with E-state index in [4.69, 9.17) is 0 Å². The van der Waals surface area contributed by atoms with Gasteiger partial charge in [-0.25, -0.2) is 4.68 Å². The van der Waals surface area contributed by atoms with E-state index in [-0.39, 0.29) is 10.3 Å². The second-order valence-corrected chi connectivity index (χ2v) is 5.06. The summed E-state index contributed by atoms with van der Waals surface area (Å²) < 4.78 is 1.89. The highest BCUT2D eigenvalue weighted by Crippen LogP contribution is 2.33. The van der Waals surface area contributed by atoms with Crippen LogP contribution in [0.25, 0.3) is 0 Å². The van der Waals surface area contributed by atoms with Gasteiger partial charge in [-0.15, -0.1) is 0 Å². The number of aromatic nitrogens is 2. The Bertz CT molecular complexity index is 598. The molecule has 6 nitrogen and oxygen atoms in total. The zero-order valence-corrected chi connectivity index (χ0v) is 12.6. The van der Waals surface area contributed by atoms with Crippen molar-refractivity contribution in [2.45, 2.75) is 26.4 Å². The maximum absolute atomic E-state index is 11.2. The molecule has 0 amide bonds. The van der Waals surface area contributed by atoms with Crippen molar-refractivity contribution < 1.29 is 4.92 Å². The highest BCUT2D eigenvalue weighted by molar-refractivity contribution is 9.10. The fourth-order valence-electron chi connectivity index (χ4n) is 1.92. The molecule has 20 heavy (non-hydrogen) atoms. The molecule has 7 heteroatoms. The van der Waals surface area contributed by atoms with E-state index in [9.17, 15) is 10.1 Å². The van der Waals surface area contributed by atoms with Crippen molar-refractivity contribution in [1.29, 1.82) is 0 Å². The Morgan fingerprint density at radius 2 is 2.10 bits per heavy atom. The first-order valence-electron chi connectivity index (χ1n) is 6.32. The van der Waals surface area contributed by atoms with Crippen LogP contribution in [0.5, 0.6) is 0 Å². The zero-order valence-electron chi connectivity index (χ0n) is 11.0. The Kier molecular flexibility index (Phi) is 4.73. The van der Waals surface area contributed by atoms with Gasteiger partial charge in [-0.3, -0.25) is 10.1 Å². The van der Waals surface area contributed by atoms with Crippen LogP contribution in [0.1, 0.15) is 18.9 Å². The fourth-order valence-corrected chi connectivity index (χ4v) is 2.44. The van der Waals surface area contributed by atoms with Crippen molar-refractivity contribution in [2.75, 3.05) is 5.32 Å². The van der Waals surface area contributed by atoms with E-state index < -0.39 is 4.92 Å². The van der Waals surface area contributed by atoms with Gasteiger partial charge in [-0.05, 0) is 27.9 Å². The molecule has 2 rings (SSSR count). The van der Waals surface area contributed by atoms with Crippen LogP contribution in [-0.2, 0) is 13.1 Å². The lowest BCUT2D eigenvalue weighted by atomic mass is 10.2. The second-order valence-electron chi connectivity index (χ2n) is 4.31. The van der Waals surface area contributed by atoms with Crippen molar-refractivity contribution in [2.24, 2.45) is 0 Å². The molecule has 2 aromatic rings. The van der Waals surface area contributed by atoms with Gasteiger partial charge in [0.05, 0.1) is 4.92 Å². The molecular weight excluding hydrogens is 324 g/mol. The van der Waals surface area contributed by atoms with Gasteiger partial charge in [-0.2, -0.15) is 5.10 Å². The van der Waals surface area contributed by atoms with E-state index in [1.165, 1.54) is 0 Å². The highest BCUT2D eigenvalue weighted by Gasteiger charge is 2.26. The molecule has 0 aliphatic heterocycles. The smallest absolute Gasteiger partial charge is 0.345 e. The average Bonchev–Trinajstić information content (AvgIpc) is 2.74. The van der Waals surface area contributed by atoms with Crippen LogP contribution in [0, 0.1) is 10.1 Å². The first-order valence-corrected chi connectivity index (χ1v) is 7.11. The third-order valence-corrected chi connectivity index (χ3v) is 3.34. The maximum atomic E-state index is 11.2. The van der Waals surface area contributed by atoms with Gasteiger partial charge in [0, 0.05) is 13.1 Å².